The van der Waals surface area contributed by atoms with Gasteiger partial charge in [0.1, 0.15) is 5.78 Å². The number of ketones is 1. The van der Waals surface area contributed by atoms with Crippen LogP contribution >= 0.6 is 0 Å². The number of hydrogen-bond acceptors (Lipinski definition) is 1. The van der Waals surface area contributed by atoms with Crippen molar-refractivity contribution in [2.45, 2.75) is 59.3 Å². The van der Waals surface area contributed by atoms with E-state index in [1.807, 2.05) is 0 Å². The molecule has 4 atom stereocenters. The maximum Gasteiger partial charge on any atom is 0.134 e. The Morgan fingerprint density at radius 2 is 1.89 bits per heavy atom. The summed E-state index contributed by atoms with van der Waals surface area (Å²) in [5, 5.41) is 0. The Morgan fingerprint density at radius 1 is 1.11 bits per heavy atom. The van der Waals surface area contributed by atoms with Crippen LogP contribution in [0.1, 0.15) is 59.3 Å². The Labute approximate surface area is 111 Å². The maximum absolute atomic E-state index is 12.2. The average molecular weight is 246 g/mol. The fourth-order valence-electron chi connectivity index (χ4n) is 5.61. The summed E-state index contributed by atoms with van der Waals surface area (Å²) >= 11 is 0. The molecule has 2 saturated carbocycles. The average Bonchev–Trinajstić information content (AvgIpc) is 2.26. The topological polar surface area (TPSA) is 17.1 Å². The van der Waals surface area contributed by atoms with Crippen molar-refractivity contribution in [3.63, 3.8) is 0 Å². The summed E-state index contributed by atoms with van der Waals surface area (Å²) in [4.78, 5) is 12.2. The highest BCUT2D eigenvalue weighted by Gasteiger charge is 2.56. The lowest BCUT2D eigenvalue weighted by Crippen LogP contribution is -2.53. The Bertz CT molecular complexity index is 392. The molecule has 0 radical (unpaired) electrons. The van der Waals surface area contributed by atoms with Crippen molar-refractivity contribution in [2.24, 2.45) is 28.6 Å². The predicted molar refractivity (Wildman–Crippen MR) is 74.2 cm³/mol. The molecule has 0 N–H and O–H groups in total. The highest BCUT2D eigenvalue weighted by molar-refractivity contribution is 5.81. The van der Waals surface area contributed by atoms with Gasteiger partial charge in [0, 0.05) is 12.8 Å². The minimum atomic E-state index is 0.218. The van der Waals surface area contributed by atoms with Crippen LogP contribution in [-0.4, -0.2) is 5.78 Å². The van der Waals surface area contributed by atoms with Gasteiger partial charge in [-0.1, -0.05) is 32.9 Å². The van der Waals surface area contributed by atoms with Crippen LogP contribution in [-0.2, 0) is 4.79 Å². The summed E-state index contributed by atoms with van der Waals surface area (Å²) in [6.07, 6.45) is 11.6. The van der Waals surface area contributed by atoms with E-state index in [0.717, 1.165) is 30.6 Å². The van der Waals surface area contributed by atoms with Gasteiger partial charge in [0.25, 0.3) is 0 Å². The molecule has 1 nitrogen and oxygen atoms in total. The molecule has 0 heterocycles. The molecule has 0 amide bonds. The lowest BCUT2D eigenvalue weighted by molar-refractivity contribution is -0.144. The van der Waals surface area contributed by atoms with E-state index in [2.05, 4.69) is 32.9 Å². The monoisotopic (exact) mass is 246 g/mol. The molecule has 0 saturated heterocycles. The van der Waals surface area contributed by atoms with Crippen LogP contribution in [0.25, 0.3) is 0 Å². The van der Waals surface area contributed by atoms with Gasteiger partial charge in [-0.25, -0.2) is 0 Å². The second-order valence-corrected chi connectivity index (χ2v) is 7.79. The maximum atomic E-state index is 12.2. The quantitative estimate of drug-likeness (QED) is 0.580. The molecule has 1 heteroatoms. The van der Waals surface area contributed by atoms with Crippen molar-refractivity contribution in [1.82, 2.24) is 0 Å². The Hall–Kier alpha value is -0.590. The standard InChI is InChI=1S/C17H26O/c1-16(2)10-13(18)11-17(3)14-7-5-4-6-12(14)8-9-15(16)17/h4,6,12,14-15H,5,7-11H2,1-3H3/t12-,14-,15-,17+/m0/s1. The van der Waals surface area contributed by atoms with Gasteiger partial charge < -0.3 is 0 Å². The van der Waals surface area contributed by atoms with E-state index in [9.17, 15) is 4.79 Å². The van der Waals surface area contributed by atoms with Crippen molar-refractivity contribution in [2.75, 3.05) is 0 Å². The van der Waals surface area contributed by atoms with Gasteiger partial charge in [0.05, 0.1) is 0 Å². The van der Waals surface area contributed by atoms with E-state index in [-0.39, 0.29) is 10.8 Å². The summed E-state index contributed by atoms with van der Waals surface area (Å²) in [5.41, 5.74) is 0.489. The van der Waals surface area contributed by atoms with Crippen LogP contribution in [0.15, 0.2) is 12.2 Å². The van der Waals surface area contributed by atoms with E-state index in [1.165, 1.54) is 25.7 Å². The third-order valence-corrected chi connectivity index (χ3v) is 6.15. The molecule has 3 aliphatic rings. The van der Waals surface area contributed by atoms with Crippen LogP contribution in [0.3, 0.4) is 0 Å². The van der Waals surface area contributed by atoms with Gasteiger partial charge in [0.15, 0.2) is 0 Å². The Morgan fingerprint density at radius 3 is 2.67 bits per heavy atom. The van der Waals surface area contributed by atoms with Crippen LogP contribution in [0.5, 0.6) is 0 Å². The molecule has 0 aromatic rings. The molecule has 2 fully saturated rings. The van der Waals surface area contributed by atoms with E-state index >= 15 is 0 Å². The number of rotatable bonds is 0. The number of carbonyl (C=O) groups is 1. The van der Waals surface area contributed by atoms with E-state index in [1.54, 1.807) is 0 Å². The zero-order valence-electron chi connectivity index (χ0n) is 12.0. The lowest BCUT2D eigenvalue weighted by atomic mass is 9.45. The van der Waals surface area contributed by atoms with Crippen LogP contribution < -0.4 is 0 Å². The van der Waals surface area contributed by atoms with Gasteiger partial charge in [-0.3, -0.25) is 4.79 Å². The van der Waals surface area contributed by atoms with E-state index < -0.39 is 0 Å². The molecule has 0 aromatic heterocycles. The van der Waals surface area contributed by atoms with Gasteiger partial charge in [-0.05, 0) is 54.3 Å². The number of allylic oxidation sites excluding steroid dienone is 2. The molecule has 0 bridgehead atoms. The predicted octanol–water partition coefficient (Wildman–Crippen LogP) is 4.37. The van der Waals surface area contributed by atoms with Gasteiger partial charge >= 0.3 is 0 Å². The normalized spacial score (nSPS) is 46.4. The molecule has 18 heavy (non-hydrogen) atoms. The molecule has 3 aliphatic carbocycles. The molecular weight excluding hydrogens is 220 g/mol. The minimum absolute atomic E-state index is 0.218. The first-order valence-electron chi connectivity index (χ1n) is 7.62. The van der Waals surface area contributed by atoms with Crippen LogP contribution in [0.4, 0.5) is 0 Å². The molecule has 0 spiro atoms. The Balaban J connectivity index is 1.99. The second-order valence-electron chi connectivity index (χ2n) is 7.79. The smallest absolute Gasteiger partial charge is 0.134 e. The van der Waals surface area contributed by atoms with Crippen molar-refractivity contribution in [3.8, 4) is 0 Å². The van der Waals surface area contributed by atoms with Gasteiger partial charge in [-0.2, -0.15) is 0 Å². The fourth-order valence-corrected chi connectivity index (χ4v) is 5.61. The summed E-state index contributed by atoms with van der Waals surface area (Å²) < 4.78 is 0. The molecule has 0 aromatic carbocycles. The lowest BCUT2D eigenvalue weighted by Gasteiger charge is -2.59. The first-order chi connectivity index (χ1) is 8.43. The number of hydrogen-bond donors (Lipinski definition) is 0. The fraction of sp³-hybridized carbons (Fsp3) is 0.824. The van der Waals surface area contributed by atoms with Crippen molar-refractivity contribution < 1.29 is 4.79 Å². The second kappa shape index (κ2) is 3.95. The third-order valence-electron chi connectivity index (χ3n) is 6.15. The highest BCUT2D eigenvalue weighted by Crippen LogP contribution is 2.62. The Kier molecular flexibility index (Phi) is 2.73. The van der Waals surface area contributed by atoms with Crippen molar-refractivity contribution in [1.29, 1.82) is 0 Å². The number of carbonyl (C=O) groups excluding carboxylic acids is 1. The molecule has 100 valence electrons. The van der Waals surface area contributed by atoms with Gasteiger partial charge in [-0.15, -0.1) is 0 Å². The number of Topliss-reactive ketones (excluding diaryl/α,β-unsaturated/α-hetero) is 1. The summed E-state index contributed by atoms with van der Waals surface area (Å²) in [7, 11) is 0. The zero-order valence-corrected chi connectivity index (χ0v) is 12.0. The van der Waals surface area contributed by atoms with Crippen LogP contribution in [0, 0.1) is 28.6 Å². The summed E-state index contributed by atoms with van der Waals surface area (Å²) in [6, 6.07) is 0. The summed E-state index contributed by atoms with van der Waals surface area (Å²) in [5.74, 6) is 2.76. The van der Waals surface area contributed by atoms with Crippen molar-refractivity contribution >= 4 is 5.78 Å². The molecule has 3 rings (SSSR count). The molecular formula is C17H26O. The zero-order chi connectivity index (χ0) is 13.0. The SMILES string of the molecule is CC1(C)CC(=O)C[C@]2(C)[C@H]3CCC=C[C@H]3CC[C@@H]12. The first-order valence-corrected chi connectivity index (χ1v) is 7.62. The third kappa shape index (κ3) is 1.70. The first kappa shape index (κ1) is 12.4. The van der Waals surface area contributed by atoms with E-state index in [4.69, 9.17) is 0 Å². The molecule has 0 unspecified atom stereocenters. The summed E-state index contributed by atoms with van der Waals surface area (Å²) in [6.45, 7) is 7.07. The largest absolute Gasteiger partial charge is 0.300 e. The highest BCUT2D eigenvalue weighted by atomic mass is 16.1. The van der Waals surface area contributed by atoms with Gasteiger partial charge in [0.2, 0.25) is 0 Å². The minimum Gasteiger partial charge on any atom is -0.300 e. The van der Waals surface area contributed by atoms with Crippen LogP contribution in [0.2, 0.25) is 0 Å². The molecule has 0 aliphatic heterocycles. The number of fused-ring (bicyclic) bond motifs is 3. The van der Waals surface area contributed by atoms with E-state index in [0.29, 0.717) is 5.78 Å². The van der Waals surface area contributed by atoms with Crippen molar-refractivity contribution in [3.05, 3.63) is 12.2 Å².